The maximum absolute atomic E-state index is 12.8. The normalized spacial score (nSPS) is 20.0. The van der Waals surface area contributed by atoms with Gasteiger partial charge in [-0.15, -0.1) is 0 Å². The number of amides is 1. The molecule has 1 aromatic rings. The summed E-state index contributed by atoms with van der Waals surface area (Å²) >= 11 is 5.83. The molecule has 0 unspecified atom stereocenters. The largest absolute Gasteiger partial charge is 0.354 e. The predicted molar refractivity (Wildman–Crippen MR) is 98.2 cm³/mol. The minimum atomic E-state index is -3.70. The third-order valence-electron chi connectivity index (χ3n) is 4.31. The molecule has 1 fully saturated rings. The number of benzene rings is 1. The van der Waals surface area contributed by atoms with Gasteiger partial charge in [0, 0.05) is 24.0 Å². The van der Waals surface area contributed by atoms with Crippen molar-refractivity contribution in [1.82, 2.24) is 9.62 Å². The van der Waals surface area contributed by atoms with Gasteiger partial charge in [-0.25, -0.2) is 8.42 Å². The highest BCUT2D eigenvalue weighted by molar-refractivity contribution is 7.89. The molecule has 0 aromatic heterocycles. The number of rotatable bonds is 7. The fourth-order valence-corrected chi connectivity index (χ4v) is 4.98. The first kappa shape index (κ1) is 20.2. The van der Waals surface area contributed by atoms with Crippen molar-refractivity contribution in [3.05, 3.63) is 29.3 Å². The Morgan fingerprint density at radius 3 is 2.60 bits per heavy atom. The monoisotopic (exact) mass is 388 g/mol. The smallest absolute Gasteiger partial charge is 0.243 e. The number of nitrogens with one attached hydrogen (secondary N) is 2. The van der Waals surface area contributed by atoms with Gasteiger partial charge in [-0.05, 0) is 37.1 Å². The molecule has 2 rings (SSSR count). The Balaban J connectivity index is 2.06. The molecule has 2 N–H and O–H groups in total. The highest BCUT2D eigenvalue weighted by Crippen LogP contribution is 2.27. The van der Waals surface area contributed by atoms with Crippen molar-refractivity contribution < 1.29 is 18.1 Å². The summed E-state index contributed by atoms with van der Waals surface area (Å²) in [6.45, 7) is 3.93. The molecule has 0 radical (unpaired) electrons. The van der Waals surface area contributed by atoms with Gasteiger partial charge < -0.3 is 10.2 Å². The van der Waals surface area contributed by atoms with Gasteiger partial charge in [0.15, 0.2) is 0 Å². The fraction of sp³-hybridized carbons (Fsp3) is 0.588. The second-order valence-corrected chi connectivity index (χ2v) is 9.32. The predicted octanol–water partition coefficient (Wildman–Crippen LogP) is 0.390. The molecule has 1 heterocycles. The number of nitrogens with zero attached hydrogens (tertiary/aromatic N) is 1. The van der Waals surface area contributed by atoms with E-state index in [0.717, 1.165) is 6.54 Å². The number of carbonyl (C=O) groups is 1. The summed E-state index contributed by atoms with van der Waals surface area (Å²) in [4.78, 5) is 14.0. The van der Waals surface area contributed by atoms with Crippen molar-refractivity contribution in [2.24, 2.45) is 5.92 Å². The van der Waals surface area contributed by atoms with E-state index in [2.05, 4.69) is 26.3 Å². The Hall–Kier alpha value is -1.15. The lowest BCUT2D eigenvalue weighted by Gasteiger charge is -2.24. The summed E-state index contributed by atoms with van der Waals surface area (Å²) in [5.41, 5.74) is 0. The number of quaternary nitrogens is 1. The zero-order chi connectivity index (χ0) is 18.6. The van der Waals surface area contributed by atoms with E-state index in [9.17, 15) is 13.2 Å². The Morgan fingerprint density at radius 1 is 1.36 bits per heavy atom. The van der Waals surface area contributed by atoms with Crippen molar-refractivity contribution in [1.29, 1.82) is 0 Å². The van der Waals surface area contributed by atoms with Crippen LogP contribution < -0.4 is 10.2 Å². The van der Waals surface area contributed by atoms with Crippen LogP contribution in [-0.2, 0) is 14.8 Å². The molecule has 25 heavy (non-hydrogen) atoms. The molecule has 1 saturated heterocycles. The molecule has 1 amide bonds. The first-order valence-corrected chi connectivity index (χ1v) is 10.4. The van der Waals surface area contributed by atoms with E-state index in [1.54, 1.807) is 12.1 Å². The standard InChI is InChI=1S/C17H26ClN3O3S/c1-13(12-20(2)3)11-19-17(22)16-5-4-10-21(16)25(23,24)15-8-6-14(18)7-9-15/h6-9,13,16H,4-5,10-12H2,1-3H3,(H,19,22)/p+1/t13-,16+/m1/s1. The lowest BCUT2D eigenvalue weighted by atomic mass is 10.1. The first-order valence-electron chi connectivity index (χ1n) is 8.56. The lowest BCUT2D eigenvalue weighted by molar-refractivity contribution is -0.861. The summed E-state index contributed by atoms with van der Waals surface area (Å²) < 4.78 is 27.0. The molecule has 0 bridgehead atoms. The third kappa shape index (κ3) is 5.17. The second-order valence-electron chi connectivity index (χ2n) is 6.99. The molecule has 8 heteroatoms. The molecule has 0 spiro atoms. The van der Waals surface area contributed by atoms with Crippen LogP contribution in [0.4, 0.5) is 0 Å². The summed E-state index contributed by atoms with van der Waals surface area (Å²) in [5.74, 6) is 0.118. The van der Waals surface area contributed by atoms with Gasteiger partial charge in [0.25, 0.3) is 0 Å². The number of sulfonamides is 1. The average molecular weight is 389 g/mol. The topological polar surface area (TPSA) is 70.9 Å². The van der Waals surface area contributed by atoms with E-state index in [1.807, 2.05) is 0 Å². The molecule has 1 aliphatic rings. The number of hydrogen-bond acceptors (Lipinski definition) is 3. The molecule has 6 nitrogen and oxygen atoms in total. The van der Waals surface area contributed by atoms with Crippen molar-refractivity contribution in [3.8, 4) is 0 Å². The Kier molecular flexibility index (Phi) is 6.85. The van der Waals surface area contributed by atoms with Gasteiger partial charge in [-0.1, -0.05) is 18.5 Å². The van der Waals surface area contributed by atoms with Gasteiger partial charge in [0.05, 0.1) is 25.5 Å². The van der Waals surface area contributed by atoms with Gasteiger partial charge in [0.1, 0.15) is 6.04 Å². The number of hydrogen-bond donors (Lipinski definition) is 2. The van der Waals surface area contributed by atoms with Crippen LogP contribution in [0.15, 0.2) is 29.2 Å². The van der Waals surface area contributed by atoms with Crippen LogP contribution in [0.2, 0.25) is 5.02 Å². The number of carbonyl (C=O) groups excluding carboxylic acids is 1. The SMILES string of the molecule is C[C@H](CNC(=O)[C@@H]1CCCN1S(=O)(=O)c1ccc(Cl)cc1)C[NH+](C)C. The summed E-state index contributed by atoms with van der Waals surface area (Å²) in [7, 11) is 0.433. The zero-order valence-electron chi connectivity index (χ0n) is 15.0. The highest BCUT2D eigenvalue weighted by atomic mass is 35.5. The lowest BCUT2D eigenvalue weighted by Crippen LogP contribution is -3.06. The van der Waals surface area contributed by atoms with Crippen LogP contribution in [0.25, 0.3) is 0 Å². The summed E-state index contributed by atoms with van der Waals surface area (Å²) in [6.07, 6.45) is 1.23. The van der Waals surface area contributed by atoms with E-state index in [1.165, 1.54) is 21.3 Å². The van der Waals surface area contributed by atoms with E-state index < -0.39 is 16.1 Å². The average Bonchev–Trinajstić information content (AvgIpc) is 3.03. The molecule has 2 atom stereocenters. The van der Waals surface area contributed by atoms with Crippen LogP contribution in [-0.4, -0.2) is 58.4 Å². The second kappa shape index (κ2) is 8.49. The molecule has 140 valence electrons. The van der Waals surface area contributed by atoms with Crippen LogP contribution in [0.3, 0.4) is 0 Å². The van der Waals surface area contributed by atoms with Crippen molar-refractivity contribution in [2.75, 3.05) is 33.7 Å². The van der Waals surface area contributed by atoms with Crippen LogP contribution in [0, 0.1) is 5.92 Å². The molecule has 0 saturated carbocycles. The molecule has 0 aliphatic carbocycles. The zero-order valence-corrected chi connectivity index (χ0v) is 16.5. The third-order valence-corrected chi connectivity index (χ3v) is 6.48. The Bertz CT molecular complexity index is 692. The maximum Gasteiger partial charge on any atom is 0.243 e. The van der Waals surface area contributed by atoms with Crippen molar-refractivity contribution >= 4 is 27.5 Å². The maximum atomic E-state index is 12.8. The first-order chi connectivity index (χ1) is 11.7. The van der Waals surface area contributed by atoms with Gasteiger partial charge in [0.2, 0.25) is 15.9 Å². The van der Waals surface area contributed by atoms with Crippen LogP contribution in [0.1, 0.15) is 19.8 Å². The molecule has 1 aliphatic heterocycles. The highest BCUT2D eigenvalue weighted by Gasteiger charge is 2.39. The summed E-state index contributed by atoms with van der Waals surface area (Å²) in [6, 6.07) is 5.41. The molecular formula is C17H27ClN3O3S+. The Morgan fingerprint density at radius 2 is 2.00 bits per heavy atom. The van der Waals surface area contributed by atoms with Crippen LogP contribution >= 0.6 is 11.6 Å². The van der Waals surface area contributed by atoms with Gasteiger partial charge >= 0.3 is 0 Å². The van der Waals surface area contributed by atoms with E-state index in [4.69, 9.17) is 11.6 Å². The summed E-state index contributed by atoms with van der Waals surface area (Å²) in [5, 5.41) is 3.39. The minimum absolute atomic E-state index is 0.168. The molecule has 1 aromatic carbocycles. The Labute approximate surface area is 155 Å². The van der Waals surface area contributed by atoms with E-state index in [-0.39, 0.29) is 10.8 Å². The minimum Gasteiger partial charge on any atom is -0.354 e. The van der Waals surface area contributed by atoms with Gasteiger partial charge in [-0.3, -0.25) is 4.79 Å². The van der Waals surface area contributed by atoms with Crippen molar-refractivity contribution in [2.45, 2.75) is 30.7 Å². The van der Waals surface area contributed by atoms with Crippen molar-refractivity contribution in [3.63, 3.8) is 0 Å². The van der Waals surface area contributed by atoms with Crippen LogP contribution in [0.5, 0.6) is 0 Å². The van der Waals surface area contributed by atoms with E-state index >= 15 is 0 Å². The van der Waals surface area contributed by atoms with E-state index in [0.29, 0.717) is 36.9 Å². The fourth-order valence-electron chi connectivity index (χ4n) is 3.19. The van der Waals surface area contributed by atoms with Gasteiger partial charge in [-0.2, -0.15) is 4.31 Å². The quantitative estimate of drug-likeness (QED) is 0.709. The number of halogens is 1. The molecular weight excluding hydrogens is 362 g/mol.